The number of halogens is 3. The van der Waals surface area contributed by atoms with Gasteiger partial charge in [0.05, 0.1) is 21.1 Å². The fraction of sp³-hybridized carbons (Fsp3) is 0.273. The van der Waals surface area contributed by atoms with E-state index in [1.54, 1.807) is 0 Å². The first-order chi connectivity index (χ1) is 16.8. The third kappa shape index (κ3) is 4.03. The molecule has 2 aliphatic rings. The van der Waals surface area contributed by atoms with Gasteiger partial charge >= 0.3 is 5.92 Å². The number of imide groups is 1. The van der Waals surface area contributed by atoms with E-state index in [2.05, 4.69) is 5.32 Å². The number of nitrogens with zero attached hydrogens (tertiary/aromatic N) is 2. The topological polar surface area (TPSA) is 86.8 Å². The first-order valence-corrected chi connectivity index (χ1v) is 11.0. The molecule has 0 saturated carbocycles. The van der Waals surface area contributed by atoms with Gasteiger partial charge in [0, 0.05) is 29.2 Å². The summed E-state index contributed by atoms with van der Waals surface area (Å²) in [6.45, 7) is -0.465. The summed E-state index contributed by atoms with van der Waals surface area (Å²) >= 11 is 5.71. The van der Waals surface area contributed by atoms with Crippen LogP contribution in [0.25, 0.3) is 0 Å². The molecular weight excluding hydrogens is 487 g/mol. The summed E-state index contributed by atoms with van der Waals surface area (Å²) in [5, 5.41) is 2.42. The van der Waals surface area contributed by atoms with Crippen LogP contribution in [0.2, 0.25) is 16.7 Å². The molecular formula is C22H14B4ClF2N3O4. The summed E-state index contributed by atoms with van der Waals surface area (Å²) in [6.07, 6.45) is 0. The van der Waals surface area contributed by atoms with Gasteiger partial charge in [-0.15, -0.1) is 0 Å². The molecule has 2 aromatic carbocycles. The SMILES string of the molecule is [B]C1C(=O)N([B])C(=O)[C@@]([B])(N2Cc3cc(CNC(=O)C(F)(F)c4ccc(Cl)cc4)ccc3C2=O)C1[B]. The van der Waals surface area contributed by atoms with Crippen LogP contribution in [-0.2, 0) is 33.4 Å². The average Bonchev–Trinajstić information content (AvgIpc) is 3.19. The van der Waals surface area contributed by atoms with E-state index < -0.39 is 52.2 Å². The Morgan fingerprint density at radius 1 is 1.14 bits per heavy atom. The van der Waals surface area contributed by atoms with Crippen LogP contribution in [0.1, 0.15) is 27.0 Å². The zero-order valence-corrected chi connectivity index (χ0v) is 19.3. The van der Waals surface area contributed by atoms with Crippen molar-refractivity contribution in [3.05, 3.63) is 69.7 Å². The van der Waals surface area contributed by atoms with E-state index in [9.17, 15) is 28.0 Å². The van der Waals surface area contributed by atoms with Gasteiger partial charge in [0.2, 0.25) is 19.8 Å². The molecule has 0 bridgehead atoms. The molecule has 2 unspecified atom stereocenters. The van der Waals surface area contributed by atoms with E-state index in [1.165, 1.54) is 30.3 Å². The second-order valence-corrected chi connectivity index (χ2v) is 8.97. The smallest absolute Gasteiger partial charge is 0.346 e. The first-order valence-electron chi connectivity index (χ1n) is 10.6. The van der Waals surface area contributed by atoms with Crippen molar-refractivity contribution in [1.82, 2.24) is 15.0 Å². The molecule has 3 atom stereocenters. The third-order valence-electron chi connectivity index (χ3n) is 6.34. The molecule has 1 saturated heterocycles. The minimum Gasteiger partial charge on any atom is -0.346 e. The number of benzene rings is 2. The predicted molar refractivity (Wildman–Crippen MR) is 129 cm³/mol. The molecule has 0 spiro atoms. The van der Waals surface area contributed by atoms with Crippen molar-refractivity contribution in [1.29, 1.82) is 0 Å². The van der Waals surface area contributed by atoms with Gasteiger partial charge in [0.15, 0.2) is 0 Å². The van der Waals surface area contributed by atoms with Crippen LogP contribution in [0.5, 0.6) is 0 Å². The lowest BCUT2D eigenvalue weighted by molar-refractivity contribution is -0.148. The Hall–Kier alpha value is -3.07. The maximum Gasteiger partial charge on any atom is 0.349 e. The highest BCUT2D eigenvalue weighted by Gasteiger charge is 2.55. The number of hydrogen-bond donors (Lipinski definition) is 1. The molecule has 0 aromatic heterocycles. The standard InChI is InChI=1S/C22H14B4ClF2N3O4/c23-15-16(24)21(25,20(36)32(26)18(15)34)31-9-11-7-10(1-6-14(11)17(31)33)8-30-19(35)22(28,29)12-2-4-13(27)5-3-12/h1-7,15-16H,8-9H2,(H,30,35)/t15?,16?,21-/m0/s1. The summed E-state index contributed by atoms with van der Waals surface area (Å²) in [5.41, 5.74) is -1.74. The van der Waals surface area contributed by atoms with Gasteiger partial charge in [-0.3, -0.25) is 19.2 Å². The van der Waals surface area contributed by atoms with Gasteiger partial charge in [0.25, 0.3) is 11.8 Å². The monoisotopic (exact) mass is 501 g/mol. The van der Waals surface area contributed by atoms with Crippen molar-refractivity contribution in [3.8, 4) is 0 Å². The number of piperidine rings is 1. The van der Waals surface area contributed by atoms with Crippen molar-refractivity contribution in [2.45, 2.75) is 36.1 Å². The quantitative estimate of drug-likeness (QED) is 0.489. The normalized spacial score (nSPS) is 24.1. The Kier molecular flexibility index (Phi) is 6.58. The average molecular weight is 501 g/mol. The molecule has 174 valence electrons. The van der Waals surface area contributed by atoms with Crippen molar-refractivity contribution in [2.75, 3.05) is 0 Å². The van der Waals surface area contributed by atoms with Gasteiger partial charge in [-0.25, -0.2) is 0 Å². The molecule has 4 rings (SSSR count). The van der Waals surface area contributed by atoms with Crippen LogP contribution in [0, 0.1) is 0 Å². The van der Waals surface area contributed by atoms with Crippen molar-refractivity contribution < 1.29 is 28.0 Å². The molecule has 1 N–H and O–H groups in total. The van der Waals surface area contributed by atoms with E-state index in [0.717, 1.165) is 17.0 Å². The third-order valence-corrected chi connectivity index (χ3v) is 6.60. The van der Waals surface area contributed by atoms with Crippen LogP contribution < -0.4 is 5.32 Å². The van der Waals surface area contributed by atoms with E-state index in [4.69, 9.17) is 43.1 Å². The maximum atomic E-state index is 14.5. The number of carbonyl (C=O) groups is 4. The largest absolute Gasteiger partial charge is 0.349 e. The van der Waals surface area contributed by atoms with Crippen LogP contribution in [0.15, 0.2) is 42.5 Å². The molecule has 2 heterocycles. The summed E-state index contributed by atoms with van der Waals surface area (Å²) in [7, 11) is 23.5. The van der Waals surface area contributed by atoms with Gasteiger partial charge in [0.1, 0.15) is 7.85 Å². The van der Waals surface area contributed by atoms with Crippen LogP contribution in [0.4, 0.5) is 8.78 Å². The minimum atomic E-state index is -3.80. The van der Waals surface area contributed by atoms with Crippen LogP contribution in [0.3, 0.4) is 0 Å². The highest BCUT2D eigenvalue weighted by molar-refractivity contribution is 6.47. The lowest BCUT2D eigenvalue weighted by Crippen LogP contribution is -2.68. The van der Waals surface area contributed by atoms with Crippen molar-refractivity contribution in [3.63, 3.8) is 0 Å². The van der Waals surface area contributed by atoms with Crippen LogP contribution in [-0.4, -0.2) is 70.3 Å². The number of rotatable bonds is 5. The van der Waals surface area contributed by atoms with Gasteiger partial charge in [-0.05, 0) is 35.1 Å². The molecule has 2 aliphatic heterocycles. The summed E-state index contributed by atoms with van der Waals surface area (Å²) in [4.78, 5) is 51.2. The summed E-state index contributed by atoms with van der Waals surface area (Å²) < 4.78 is 29.0. The van der Waals surface area contributed by atoms with Crippen molar-refractivity contribution in [2.24, 2.45) is 0 Å². The zero-order valence-electron chi connectivity index (χ0n) is 18.6. The van der Waals surface area contributed by atoms with E-state index in [0.29, 0.717) is 11.1 Å². The lowest BCUT2D eigenvalue weighted by Gasteiger charge is -2.51. The first kappa shape index (κ1) is 26.0. The van der Waals surface area contributed by atoms with Crippen LogP contribution >= 0.6 is 11.6 Å². The van der Waals surface area contributed by atoms with Gasteiger partial charge < -0.3 is 15.0 Å². The number of fused-ring (bicyclic) bond motifs is 1. The Morgan fingerprint density at radius 2 is 1.78 bits per heavy atom. The zero-order chi connectivity index (χ0) is 26.6. The molecule has 2 aromatic rings. The number of hydrogen-bond acceptors (Lipinski definition) is 4. The second-order valence-electron chi connectivity index (χ2n) is 8.54. The predicted octanol–water partition coefficient (Wildman–Crippen LogP) is 0.935. The molecule has 0 aliphatic carbocycles. The van der Waals surface area contributed by atoms with E-state index >= 15 is 0 Å². The fourth-order valence-electron chi connectivity index (χ4n) is 4.19. The Morgan fingerprint density at radius 3 is 2.42 bits per heavy atom. The lowest BCUT2D eigenvalue weighted by atomic mass is 9.48. The molecule has 8 radical (unpaired) electrons. The van der Waals surface area contributed by atoms with E-state index in [1.807, 2.05) is 0 Å². The van der Waals surface area contributed by atoms with Crippen molar-refractivity contribution >= 4 is 66.7 Å². The highest BCUT2D eigenvalue weighted by atomic mass is 35.5. The molecule has 14 heteroatoms. The summed E-state index contributed by atoms with van der Waals surface area (Å²) in [6, 6.07) is 8.98. The Bertz CT molecular complexity index is 1280. The van der Waals surface area contributed by atoms with Gasteiger partial charge in [-0.2, -0.15) is 8.78 Å². The number of amides is 4. The van der Waals surface area contributed by atoms with Gasteiger partial charge in [-0.1, -0.05) is 41.7 Å². The fourth-order valence-corrected chi connectivity index (χ4v) is 4.31. The molecule has 36 heavy (non-hydrogen) atoms. The molecule has 7 nitrogen and oxygen atoms in total. The van der Waals surface area contributed by atoms with E-state index in [-0.39, 0.29) is 28.5 Å². The Labute approximate surface area is 215 Å². The second kappa shape index (κ2) is 9.10. The molecule has 1 fully saturated rings. The summed E-state index contributed by atoms with van der Waals surface area (Å²) in [5.74, 6) is -10.9. The number of alkyl halides is 2. The minimum absolute atomic E-state index is 0.176. The number of nitrogens with one attached hydrogen (secondary N) is 1. The highest BCUT2D eigenvalue weighted by Crippen LogP contribution is 2.43. The Balaban J connectivity index is 1.51. The maximum absolute atomic E-state index is 14.5. The number of carbonyl (C=O) groups excluding carboxylic acids is 4. The molecule has 4 amide bonds.